The number of benzene rings is 1. The maximum Gasteiger partial charge on any atom is 0.175 e. The minimum absolute atomic E-state index is 0.280. The van der Waals surface area contributed by atoms with Crippen LogP contribution < -0.4 is 10.6 Å². The number of thiocarbonyl (C=S) groups is 1. The van der Waals surface area contributed by atoms with E-state index in [0.717, 1.165) is 22.4 Å². The van der Waals surface area contributed by atoms with Gasteiger partial charge in [0.2, 0.25) is 0 Å². The molecule has 0 bridgehead atoms. The first kappa shape index (κ1) is 15.4. The lowest BCUT2D eigenvalue weighted by molar-refractivity contribution is 0.546. The molecule has 2 N–H and O–H groups in total. The summed E-state index contributed by atoms with van der Waals surface area (Å²) >= 11 is 5.36. The second kappa shape index (κ2) is 6.34. The smallest absolute Gasteiger partial charge is 0.175 e. The number of aryl methyl sites for hydroxylation is 1. The number of hydrogen-bond donors (Lipinski definition) is 2. The molecule has 0 aliphatic carbocycles. The third-order valence-corrected chi connectivity index (χ3v) is 3.66. The summed E-state index contributed by atoms with van der Waals surface area (Å²) in [4.78, 5) is 4.49. The van der Waals surface area contributed by atoms with Crippen LogP contribution in [-0.2, 0) is 0 Å². The van der Waals surface area contributed by atoms with Crippen LogP contribution in [0.1, 0.15) is 25.5 Å². The molecule has 3 rings (SSSR count). The topological polar surface area (TPSA) is 54.8 Å². The molecule has 0 unspecified atom stereocenters. The van der Waals surface area contributed by atoms with Crippen LogP contribution in [0, 0.1) is 6.92 Å². The van der Waals surface area contributed by atoms with Crippen LogP contribution >= 0.6 is 12.2 Å². The highest BCUT2D eigenvalue weighted by molar-refractivity contribution is 7.80. The van der Waals surface area contributed by atoms with Gasteiger partial charge < -0.3 is 10.6 Å². The lowest BCUT2D eigenvalue weighted by Gasteiger charge is -2.11. The second-order valence-corrected chi connectivity index (χ2v) is 6.18. The molecule has 5 nitrogen and oxygen atoms in total. The Balaban J connectivity index is 1.75. The summed E-state index contributed by atoms with van der Waals surface area (Å²) in [7, 11) is 0. The number of nitrogens with zero attached hydrogens (tertiary/aromatic N) is 3. The number of anilines is 2. The summed E-state index contributed by atoms with van der Waals surface area (Å²) in [6.45, 7) is 6.22. The van der Waals surface area contributed by atoms with Crippen molar-refractivity contribution in [3.63, 3.8) is 0 Å². The minimum Gasteiger partial charge on any atom is -0.332 e. The number of aromatic nitrogens is 3. The first-order chi connectivity index (χ1) is 11.0. The molecule has 2 heterocycles. The number of hydrogen-bond acceptors (Lipinski definition) is 3. The van der Waals surface area contributed by atoms with Gasteiger partial charge in [0.05, 0.1) is 18.1 Å². The molecule has 0 amide bonds. The first-order valence-corrected chi connectivity index (χ1v) is 7.91. The van der Waals surface area contributed by atoms with Gasteiger partial charge in [0, 0.05) is 17.1 Å². The van der Waals surface area contributed by atoms with Crippen LogP contribution in [0.5, 0.6) is 0 Å². The van der Waals surface area contributed by atoms with E-state index in [2.05, 4.69) is 34.6 Å². The lowest BCUT2D eigenvalue weighted by Crippen LogP contribution is -2.19. The minimum atomic E-state index is 0.280. The fourth-order valence-electron chi connectivity index (χ4n) is 2.40. The number of rotatable bonds is 3. The fraction of sp³-hybridized carbons (Fsp3) is 0.235. The predicted molar refractivity (Wildman–Crippen MR) is 98.9 cm³/mol. The molecule has 0 fully saturated rings. The Morgan fingerprint density at radius 1 is 1.13 bits per heavy atom. The zero-order valence-electron chi connectivity index (χ0n) is 13.4. The summed E-state index contributed by atoms with van der Waals surface area (Å²) in [6, 6.07) is 10.3. The van der Waals surface area contributed by atoms with E-state index in [1.807, 2.05) is 48.1 Å². The molecule has 23 heavy (non-hydrogen) atoms. The number of fused-ring (bicyclic) bond motifs is 1. The van der Waals surface area contributed by atoms with Gasteiger partial charge in [-0.3, -0.25) is 0 Å². The second-order valence-electron chi connectivity index (χ2n) is 5.77. The molecule has 0 radical (unpaired) electrons. The Kier molecular flexibility index (Phi) is 4.25. The Labute approximate surface area is 140 Å². The van der Waals surface area contributed by atoms with Crippen molar-refractivity contribution in [3.05, 3.63) is 48.3 Å². The van der Waals surface area contributed by atoms with Crippen molar-refractivity contribution in [1.29, 1.82) is 0 Å². The molecule has 3 aromatic rings. The molecular weight excluding hydrogens is 306 g/mol. The summed E-state index contributed by atoms with van der Waals surface area (Å²) < 4.78 is 1.91. The van der Waals surface area contributed by atoms with Crippen LogP contribution in [-0.4, -0.2) is 19.9 Å². The van der Waals surface area contributed by atoms with Crippen LogP contribution in [0.15, 0.2) is 42.7 Å². The van der Waals surface area contributed by atoms with Gasteiger partial charge in [0.15, 0.2) is 10.8 Å². The van der Waals surface area contributed by atoms with E-state index < -0.39 is 0 Å². The van der Waals surface area contributed by atoms with Crippen molar-refractivity contribution in [2.24, 2.45) is 0 Å². The molecule has 0 saturated carbocycles. The highest BCUT2D eigenvalue weighted by Gasteiger charge is 2.08. The van der Waals surface area contributed by atoms with Crippen molar-refractivity contribution < 1.29 is 0 Å². The van der Waals surface area contributed by atoms with E-state index >= 15 is 0 Å². The highest BCUT2D eigenvalue weighted by Crippen LogP contribution is 2.19. The van der Waals surface area contributed by atoms with E-state index in [1.54, 1.807) is 6.20 Å². The Bertz CT molecular complexity index is 853. The summed E-state index contributed by atoms with van der Waals surface area (Å²) in [6.07, 6.45) is 3.59. The van der Waals surface area contributed by atoms with Gasteiger partial charge in [-0.1, -0.05) is 12.1 Å². The summed E-state index contributed by atoms with van der Waals surface area (Å²) in [5.41, 5.74) is 3.86. The van der Waals surface area contributed by atoms with E-state index in [0.29, 0.717) is 5.11 Å². The third-order valence-electron chi connectivity index (χ3n) is 3.46. The molecule has 0 aliphatic heterocycles. The quantitative estimate of drug-likeness (QED) is 0.709. The first-order valence-electron chi connectivity index (χ1n) is 7.51. The van der Waals surface area contributed by atoms with E-state index in [4.69, 9.17) is 12.2 Å². The standard InChI is InChI=1S/C17H19N5S/c1-11(2)22-16-13(9-19-22)8-15(10-18-16)21-17(23)20-14-6-4-5-12(3)7-14/h4-11H,1-3H3,(H2,20,21,23). The van der Waals surface area contributed by atoms with Gasteiger partial charge in [0.25, 0.3) is 0 Å². The monoisotopic (exact) mass is 325 g/mol. The van der Waals surface area contributed by atoms with Gasteiger partial charge in [-0.05, 0) is 56.8 Å². The molecule has 0 atom stereocenters. The number of pyridine rings is 1. The number of nitrogens with one attached hydrogen (secondary N) is 2. The molecule has 0 saturated heterocycles. The van der Waals surface area contributed by atoms with Gasteiger partial charge >= 0.3 is 0 Å². The van der Waals surface area contributed by atoms with Crippen LogP contribution in [0.25, 0.3) is 11.0 Å². The molecule has 6 heteroatoms. The maximum absolute atomic E-state index is 5.36. The van der Waals surface area contributed by atoms with Gasteiger partial charge in [-0.2, -0.15) is 5.10 Å². The van der Waals surface area contributed by atoms with Crippen molar-refractivity contribution in [3.8, 4) is 0 Å². The third kappa shape index (κ3) is 3.48. The largest absolute Gasteiger partial charge is 0.332 e. The predicted octanol–water partition coefficient (Wildman–Crippen LogP) is 4.13. The summed E-state index contributed by atoms with van der Waals surface area (Å²) in [5.74, 6) is 0. The van der Waals surface area contributed by atoms with Crippen molar-refractivity contribution >= 4 is 39.7 Å². The van der Waals surface area contributed by atoms with E-state index in [1.165, 1.54) is 5.56 Å². The van der Waals surface area contributed by atoms with Crippen LogP contribution in [0.2, 0.25) is 0 Å². The summed E-state index contributed by atoms with van der Waals surface area (Å²) in [5, 5.41) is 12.2. The van der Waals surface area contributed by atoms with Gasteiger partial charge in [-0.15, -0.1) is 0 Å². The fourth-order valence-corrected chi connectivity index (χ4v) is 2.64. The highest BCUT2D eigenvalue weighted by atomic mass is 32.1. The maximum atomic E-state index is 5.36. The van der Waals surface area contributed by atoms with Gasteiger partial charge in [0.1, 0.15) is 0 Å². The van der Waals surface area contributed by atoms with Crippen molar-refractivity contribution in [2.75, 3.05) is 10.6 Å². The van der Waals surface area contributed by atoms with Crippen LogP contribution in [0.3, 0.4) is 0 Å². The Morgan fingerprint density at radius 3 is 2.65 bits per heavy atom. The molecule has 2 aromatic heterocycles. The lowest BCUT2D eigenvalue weighted by atomic mass is 10.2. The van der Waals surface area contributed by atoms with E-state index in [-0.39, 0.29) is 6.04 Å². The Morgan fingerprint density at radius 2 is 1.91 bits per heavy atom. The normalized spacial score (nSPS) is 11.0. The zero-order valence-corrected chi connectivity index (χ0v) is 14.2. The van der Waals surface area contributed by atoms with Crippen molar-refractivity contribution in [1.82, 2.24) is 14.8 Å². The van der Waals surface area contributed by atoms with Crippen molar-refractivity contribution in [2.45, 2.75) is 26.8 Å². The molecule has 0 spiro atoms. The van der Waals surface area contributed by atoms with Gasteiger partial charge in [-0.25, -0.2) is 9.67 Å². The molecule has 1 aromatic carbocycles. The average Bonchev–Trinajstić information content (AvgIpc) is 2.90. The molecular formula is C17H19N5S. The van der Waals surface area contributed by atoms with E-state index in [9.17, 15) is 0 Å². The molecule has 0 aliphatic rings. The van der Waals surface area contributed by atoms with Crippen LogP contribution in [0.4, 0.5) is 11.4 Å². The average molecular weight is 325 g/mol. The Hall–Kier alpha value is -2.47. The molecule has 118 valence electrons. The SMILES string of the molecule is Cc1cccc(NC(=S)Nc2cnc3c(cnn3C(C)C)c2)c1. The zero-order chi connectivity index (χ0) is 16.4.